The molecule has 2 aromatic heterocycles. The van der Waals surface area contributed by atoms with E-state index in [-0.39, 0.29) is 12.3 Å². The third-order valence-electron chi connectivity index (χ3n) is 3.32. The van der Waals surface area contributed by atoms with Crippen molar-refractivity contribution in [3.05, 3.63) is 67.8 Å². The second kappa shape index (κ2) is 9.03. The summed E-state index contributed by atoms with van der Waals surface area (Å²) in [6.45, 7) is 0.298. The molecule has 1 aromatic carbocycles. The molecule has 0 radical (unpaired) electrons. The fourth-order valence-corrected chi connectivity index (χ4v) is 3.25. The highest BCUT2D eigenvalue weighted by Crippen LogP contribution is 2.18. The van der Waals surface area contributed by atoms with Gasteiger partial charge in [-0.2, -0.15) is 0 Å². The van der Waals surface area contributed by atoms with Gasteiger partial charge < -0.3 is 9.72 Å². The van der Waals surface area contributed by atoms with Crippen molar-refractivity contribution in [1.29, 1.82) is 0 Å². The lowest BCUT2D eigenvalue weighted by Gasteiger charge is -2.05. The van der Waals surface area contributed by atoms with E-state index in [1.54, 1.807) is 41.9 Å². The van der Waals surface area contributed by atoms with Gasteiger partial charge in [0.15, 0.2) is 0 Å². The van der Waals surface area contributed by atoms with Gasteiger partial charge in [-0.3, -0.25) is 20.4 Å². The molecule has 0 spiro atoms. The Balaban J connectivity index is 1.44. The van der Waals surface area contributed by atoms with E-state index in [0.29, 0.717) is 28.8 Å². The minimum absolute atomic E-state index is 0.0478. The van der Waals surface area contributed by atoms with E-state index in [4.69, 9.17) is 16.3 Å². The number of halogens is 2. The lowest BCUT2D eigenvalue weighted by Crippen LogP contribution is -2.42. The van der Waals surface area contributed by atoms with Crippen LogP contribution in [0.25, 0.3) is 0 Å². The predicted octanol–water partition coefficient (Wildman–Crippen LogP) is 3.47. The summed E-state index contributed by atoms with van der Waals surface area (Å²) in [5.41, 5.74) is 5.63. The number of amides is 2. The Bertz CT molecular complexity index is 942. The Kier molecular flexibility index (Phi) is 6.49. The average molecular weight is 470 g/mol. The van der Waals surface area contributed by atoms with Crippen molar-refractivity contribution < 1.29 is 14.3 Å². The molecule has 10 heteroatoms. The Labute approximate surface area is 172 Å². The number of H-pyrrole nitrogens is 1. The molecule has 2 heterocycles. The van der Waals surface area contributed by atoms with E-state index in [2.05, 4.69) is 36.7 Å². The van der Waals surface area contributed by atoms with Crippen LogP contribution in [0.5, 0.6) is 5.75 Å². The highest BCUT2D eigenvalue weighted by molar-refractivity contribution is 9.10. The number of aromatic nitrogens is 2. The number of hydrazine groups is 1. The Morgan fingerprint density at radius 1 is 1.26 bits per heavy atom. The minimum Gasteiger partial charge on any atom is -0.486 e. The van der Waals surface area contributed by atoms with Gasteiger partial charge in [0.05, 0.1) is 12.1 Å². The first kappa shape index (κ1) is 19.4. The largest absolute Gasteiger partial charge is 0.486 e. The number of hydrogen-bond acceptors (Lipinski definition) is 5. The lowest BCUT2D eigenvalue weighted by atomic mass is 10.3. The van der Waals surface area contributed by atoms with E-state index in [1.807, 2.05) is 0 Å². The summed E-state index contributed by atoms with van der Waals surface area (Å²) in [5, 5.41) is 3.17. The van der Waals surface area contributed by atoms with Gasteiger partial charge >= 0.3 is 0 Å². The molecule has 0 aliphatic carbocycles. The maximum atomic E-state index is 11.9. The molecule has 27 heavy (non-hydrogen) atoms. The molecule has 0 aliphatic rings. The van der Waals surface area contributed by atoms with Crippen LogP contribution in [0.15, 0.2) is 46.4 Å². The summed E-state index contributed by atoms with van der Waals surface area (Å²) in [6, 6.07) is 8.64. The number of nitrogens with one attached hydrogen (secondary N) is 3. The van der Waals surface area contributed by atoms with Gasteiger partial charge in [-0.1, -0.05) is 11.6 Å². The second-order valence-corrected chi connectivity index (χ2v) is 7.68. The van der Waals surface area contributed by atoms with E-state index in [1.165, 1.54) is 11.3 Å². The zero-order valence-electron chi connectivity index (χ0n) is 13.8. The summed E-state index contributed by atoms with van der Waals surface area (Å²) in [5.74, 6) is -0.124. The molecular weight excluding hydrogens is 456 g/mol. The van der Waals surface area contributed by atoms with Crippen LogP contribution < -0.4 is 15.6 Å². The lowest BCUT2D eigenvalue weighted by molar-refractivity contribution is -0.121. The van der Waals surface area contributed by atoms with Crippen molar-refractivity contribution in [3.8, 4) is 5.75 Å². The zero-order valence-corrected chi connectivity index (χ0v) is 17.0. The number of aromatic amines is 1. The van der Waals surface area contributed by atoms with Gasteiger partial charge in [-0.05, 0) is 46.3 Å². The Hall–Kier alpha value is -2.36. The molecule has 3 aromatic rings. The average Bonchev–Trinajstić information content (AvgIpc) is 3.28. The SMILES string of the molecule is O=C(Cc1csc(COc2ccc(Cl)cc2)n1)NNC(=O)c1cc(Br)c[nH]1. The summed E-state index contributed by atoms with van der Waals surface area (Å²) in [6.07, 6.45) is 1.67. The first-order chi connectivity index (χ1) is 13.0. The molecule has 3 rings (SSSR count). The summed E-state index contributed by atoms with van der Waals surface area (Å²) in [4.78, 5) is 30.9. The van der Waals surface area contributed by atoms with Crippen molar-refractivity contribution in [2.24, 2.45) is 0 Å². The van der Waals surface area contributed by atoms with Crippen molar-refractivity contribution in [2.75, 3.05) is 0 Å². The van der Waals surface area contributed by atoms with Gasteiger partial charge in [0.1, 0.15) is 23.1 Å². The van der Waals surface area contributed by atoms with E-state index in [0.717, 1.165) is 9.48 Å². The Morgan fingerprint density at radius 2 is 2.04 bits per heavy atom. The number of carbonyl (C=O) groups is 2. The third kappa shape index (κ3) is 5.81. The fourth-order valence-electron chi connectivity index (χ4n) is 2.07. The van der Waals surface area contributed by atoms with Crippen LogP contribution in [0.2, 0.25) is 5.02 Å². The maximum absolute atomic E-state index is 11.9. The van der Waals surface area contributed by atoms with Crippen molar-refractivity contribution >= 4 is 50.7 Å². The molecule has 0 aliphatic heterocycles. The molecule has 7 nitrogen and oxygen atoms in total. The van der Waals surface area contributed by atoms with Gasteiger partial charge in [0.25, 0.3) is 5.91 Å². The van der Waals surface area contributed by atoms with Crippen LogP contribution in [0.4, 0.5) is 0 Å². The maximum Gasteiger partial charge on any atom is 0.286 e. The predicted molar refractivity (Wildman–Crippen MR) is 106 cm³/mol. The van der Waals surface area contributed by atoms with Crippen molar-refractivity contribution in [2.45, 2.75) is 13.0 Å². The summed E-state index contributed by atoms with van der Waals surface area (Å²) >= 11 is 10.5. The summed E-state index contributed by atoms with van der Waals surface area (Å²) in [7, 11) is 0. The van der Waals surface area contributed by atoms with Gasteiger partial charge in [-0.25, -0.2) is 4.98 Å². The topological polar surface area (TPSA) is 96.1 Å². The molecule has 0 bridgehead atoms. The molecule has 0 saturated heterocycles. The van der Waals surface area contributed by atoms with Crippen LogP contribution in [-0.2, 0) is 17.8 Å². The molecule has 2 amide bonds. The molecular formula is C17H14BrClN4O3S. The molecule has 0 fully saturated rings. The van der Waals surface area contributed by atoms with Gasteiger partial charge in [-0.15, -0.1) is 11.3 Å². The standard InChI is InChI=1S/C17H14BrClN4O3S/c18-10-5-14(20-7-10)17(25)23-22-15(24)6-12-9-27-16(21-12)8-26-13-3-1-11(19)2-4-13/h1-5,7,9,20H,6,8H2,(H,22,24)(H,23,25). The van der Waals surface area contributed by atoms with Crippen LogP contribution in [0, 0.1) is 0 Å². The van der Waals surface area contributed by atoms with E-state index >= 15 is 0 Å². The quantitative estimate of drug-likeness (QED) is 0.482. The molecule has 0 saturated carbocycles. The van der Waals surface area contributed by atoms with Crippen LogP contribution in [0.1, 0.15) is 21.2 Å². The normalized spacial score (nSPS) is 10.4. The number of nitrogens with zero attached hydrogens (tertiary/aromatic N) is 1. The highest BCUT2D eigenvalue weighted by Gasteiger charge is 2.11. The van der Waals surface area contributed by atoms with E-state index in [9.17, 15) is 9.59 Å². The number of ether oxygens (including phenoxy) is 1. The van der Waals surface area contributed by atoms with Crippen molar-refractivity contribution in [1.82, 2.24) is 20.8 Å². The second-order valence-electron chi connectivity index (χ2n) is 5.39. The Morgan fingerprint density at radius 3 is 2.74 bits per heavy atom. The third-order valence-corrected chi connectivity index (χ3v) is 4.91. The minimum atomic E-state index is -0.440. The first-order valence-corrected chi connectivity index (χ1v) is 9.79. The number of hydrogen-bond donors (Lipinski definition) is 3. The van der Waals surface area contributed by atoms with Gasteiger partial charge in [0.2, 0.25) is 5.91 Å². The first-order valence-electron chi connectivity index (χ1n) is 7.74. The zero-order chi connectivity index (χ0) is 19.2. The van der Waals surface area contributed by atoms with Gasteiger partial charge in [0, 0.05) is 21.1 Å². The molecule has 0 atom stereocenters. The van der Waals surface area contributed by atoms with Crippen LogP contribution >= 0.6 is 38.9 Å². The molecule has 140 valence electrons. The number of benzene rings is 1. The number of rotatable bonds is 6. The van der Waals surface area contributed by atoms with Crippen molar-refractivity contribution in [3.63, 3.8) is 0 Å². The van der Waals surface area contributed by atoms with Crippen LogP contribution in [-0.4, -0.2) is 21.8 Å². The smallest absolute Gasteiger partial charge is 0.286 e. The number of thiazole rings is 1. The number of carbonyl (C=O) groups excluding carboxylic acids is 2. The molecule has 3 N–H and O–H groups in total. The monoisotopic (exact) mass is 468 g/mol. The van der Waals surface area contributed by atoms with Crippen LogP contribution in [0.3, 0.4) is 0 Å². The molecule has 0 unspecified atom stereocenters. The fraction of sp³-hybridized carbons (Fsp3) is 0.118. The summed E-state index contributed by atoms with van der Waals surface area (Å²) < 4.78 is 6.36. The van der Waals surface area contributed by atoms with E-state index < -0.39 is 5.91 Å². The highest BCUT2D eigenvalue weighted by atomic mass is 79.9.